The highest BCUT2D eigenvalue weighted by Gasteiger charge is 2.29. The Hall–Kier alpha value is -0.0400. The molecule has 2 fully saturated rings. The third-order valence-corrected chi connectivity index (χ3v) is 3.50. The lowest BCUT2D eigenvalue weighted by molar-refractivity contribution is 0.321. The fraction of sp³-hybridized carbons (Fsp3) is 1.00. The summed E-state index contributed by atoms with van der Waals surface area (Å²) in [4.78, 5) is 0. The van der Waals surface area contributed by atoms with Crippen molar-refractivity contribution in [3.63, 3.8) is 0 Å². The first kappa shape index (κ1) is 8.55. The van der Waals surface area contributed by atoms with Crippen LogP contribution in [0.15, 0.2) is 0 Å². The number of hydrogen-bond acceptors (Lipinski definition) is 1. The highest BCUT2D eigenvalue weighted by molar-refractivity contribution is 4.83. The van der Waals surface area contributed by atoms with Gasteiger partial charge in [0.25, 0.3) is 0 Å². The van der Waals surface area contributed by atoms with Crippen molar-refractivity contribution in [1.29, 1.82) is 0 Å². The van der Waals surface area contributed by atoms with Crippen LogP contribution in [0.5, 0.6) is 0 Å². The summed E-state index contributed by atoms with van der Waals surface area (Å²) in [6.07, 6.45) is 8.73. The van der Waals surface area contributed by atoms with Crippen molar-refractivity contribution in [2.24, 2.45) is 11.8 Å². The van der Waals surface area contributed by atoms with Gasteiger partial charge < -0.3 is 5.32 Å². The van der Waals surface area contributed by atoms with Crippen LogP contribution in [0.4, 0.5) is 0 Å². The molecule has 0 aromatic heterocycles. The molecule has 1 saturated carbocycles. The van der Waals surface area contributed by atoms with Crippen LogP contribution in [-0.2, 0) is 0 Å². The lowest BCUT2D eigenvalue weighted by Crippen LogP contribution is -2.35. The smallest absolute Gasteiger partial charge is 0.00697 e. The molecule has 70 valence electrons. The monoisotopic (exact) mass is 167 g/mol. The number of piperidine rings is 1. The predicted octanol–water partition coefficient (Wildman–Crippen LogP) is 2.56. The summed E-state index contributed by atoms with van der Waals surface area (Å²) in [5.41, 5.74) is 0. The fourth-order valence-corrected chi connectivity index (χ4v) is 2.43. The molecule has 0 bridgehead atoms. The Morgan fingerprint density at radius 2 is 2.08 bits per heavy atom. The van der Waals surface area contributed by atoms with E-state index in [1.165, 1.54) is 45.1 Å². The van der Waals surface area contributed by atoms with Crippen LogP contribution in [0.25, 0.3) is 0 Å². The lowest BCUT2D eigenvalue weighted by Gasteiger charge is -2.26. The van der Waals surface area contributed by atoms with Crippen molar-refractivity contribution in [3.05, 3.63) is 0 Å². The second-order valence-electron chi connectivity index (χ2n) is 4.70. The highest BCUT2D eigenvalue weighted by Crippen LogP contribution is 2.39. The van der Waals surface area contributed by atoms with Crippen molar-refractivity contribution in [3.8, 4) is 0 Å². The van der Waals surface area contributed by atoms with Crippen LogP contribution in [-0.4, -0.2) is 12.6 Å². The molecule has 1 nitrogen and oxygen atoms in total. The zero-order chi connectivity index (χ0) is 8.39. The van der Waals surface area contributed by atoms with Gasteiger partial charge in [-0.25, -0.2) is 0 Å². The van der Waals surface area contributed by atoms with Crippen LogP contribution in [0.1, 0.15) is 45.4 Å². The second kappa shape index (κ2) is 3.78. The number of hydrogen-bond donors (Lipinski definition) is 1. The van der Waals surface area contributed by atoms with Crippen molar-refractivity contribution < 1.29 is 0 Å². The van der Waals surface area contributed by atoms with E-state index in [4.69, 9.17) is 0 Å². The van der Waals surface area contributed by atoms with E-state index >= 15 is 0 Å². The quantitative estimate of drug-likeness (QED) is 0.681. The van der Waals surface area contributed by atoms with Crippen molar-refractivity contribution >= 4 is 0 Å². The third-order valence-electron chi connectivity index (χ3n) is 3.50. The molecule has 0 radical (unpaired) electrons. The number of rotatable bonds is 3. The van der Waals surface area contributed by atoms with E-state index in [0.29, 0.717) is 0 Å². The Labute approximate surface area is 75.9 Å². The molecule has 2 atom stereocenters. The average Bonchev–Trinajstić information content (AvgIpc) is 2.88. The van der Waals surface area contributed by atoms with Crippen molar-refractivity contribution in [2.75, 3.05) is 6.54 Å². The highest BCUT2D eigenvalue weighted by atomic mass is 14.9. The van der Waals surface area contributed by atoms with E-state index in [2.05, 4.69) is 12.2 Å². The molecule has 2 aliphatic rings. The molecule has 1 N–H and O–H groups in total. The van der Waals surface area contributed by atoms with Gasteiger partial charge in [-0.3, -0.25) is 0 Å². The van der Waals surface area contributed by atoms with E-state index in [1.807, 2.05) is 0 Å². The van der Waals surface area contributed by atoms with Crippen LogP contribution in [0.2, 0.25) is 0 Å². The first-order valence-electron chi connectivity index (χ1n) is 5.59. The van der Waals surface area contributed by atoms with Gasteiger partial charge in [0, 0.05) is 6.04 Å². The molecule has 1 heteroatoms. The predicted molar refractivity (Wildman–Crippen MR) is 52.1 cm³/mol. The first-order valence-corrected chi connectivity index (χ1v) is 5.59. The topological polar surface area (TPSA) is 12.0 Å². The largest absolute Gasteiger partial charge is 0.314 e. The van der Waals surface area contributed by atoms with Crippen LogP contribution in [0, 0.1) is 11.8 Å². The zero-order valence-electron chi connectivity index (χ0n) is 8.18. The summed E-state index contributed by atoms with van der Waals surface area (Å²) in [7, 11) is 0. The van der Waals surface area contributed by atoms with Crippen molar-refractivity contribution in [1.82, 2.24) is 5.32 Å². The van der Waals surface area contributed by atoms with E-state index in [1.54, 1.807) is 0 Å². The summed E-state index contributed by atoms with van der Waals surface area (Å²) in [5.74, 6) is 2.08. The van der Waals surface area contributed by atoms with Gasteiger partial charge in [0.2, 0.25) is 0 Å². The molecule has 0 aromatic carbocycles. The van der Waals surface area contributed by atoms with Gasteiger partial charge in [-0.1, -0.05) is 13.3 Å². The molecule has 1 aliphatic heterocycles. The van der Waals surface area contributed by atoms with Gasteiger partial charge in [-0.15, -0.1) is 0 Å². The van der Waals surface area contributed by atoms with Crippen molar-refractivity contribution in [2.45, 2.75) is 51.5 Å². The summed E-state index contributed by atoms with van der Waals surface area (Å²) in [6.45, 7) is 3.70. The van der Waals surface area contributed by atoms with Gasteiger partial charge in [-0.05, 0) is 50.5 Å². The van der Waals surface area contributed by atoms with Gasteiger partial charge in [0.1, 0.15) is 0 Å². The van der Waals surface area contributed by atoms with E-state index in [0.717, 1.165) is 17.9 Å². The average molecular weight is 167 g/mol. The van der Waals surface area contributed by atoms with Gasteiger partial charge in [0.05, 0.1) is 0 Å². The van der Waals surface area contributed by atoms with Gasteiger partial charge in [-0.2, -0.15) is 0 Å². The molecule has 1 aliphatic carbocycles. The maximum absolute atomic E-state index is 3.63. The zero-order valence-corrected chi connectivity index (χ0v) is 8.18. The molecule has 0 spiro atoms. The Bertz CT molecular complexity index is 134. The molecule has 0 amide bonds. The SMILES string of the molecule is CC(CC1CCCCN1)C1CC1. The normalized spacial score (nSPS) is 33.2. The van der Waals surface area contributed by atoms with E-state index in [9.17, 15) is 0 Å². The summed E-state index contributed by atoms with van der Waals surface area (Å²) >= 11 is 0. The standard InChI is InChI=1S/C11H21N/c1-9(10-5-6-10)8-11-4-2-3-7-12-11/h9-12H,2-8H2,1H3. The Kier molecular flexibility index (Phi) is 2.69. The Balaban J connectivity index is 1.69. The Morgan fingerprint density at radius 3 is 2.67 bits per heavy atom. The minimum atomic E-state index is 0.856. The minimum absolute atomic E-state index is 0.856. The van der Waals surface area contributed by atoms with Gasteiger partial charge in [0.15, 0.2) is 0 Å². The van der Waals surface area contributed by atoms with Gasteiger partial charge >= 0.3 is 0 Å². The lowest BCUT2D eigenvalue weighted by atomic mass is 9.92. The molecular weight excluding hydrogens is 146 g/mol. The van der Waals surface area contributed by atoms with Crippen LogP contribution in [0.3, 0.4) is 0 Å². The maximum Gasteiger partial charge on any atom is 0.00697 e. The summed E-state index contributed by atoms with van der Waals surface area (Å²) in [5, 5.41) is 3.63. The molecule has 12 heavy (non-hydrogen) atoms. The Morgan fingerprint density at radius 1 is 1.25 bits per heavy atom. The van der Waals surface area contributed by atoms with Crippen LogP contribution >= 0.6 is 0 Å². The summed E-state index contributed by atoms with van der Waals surface area (Å²) in [6, 6.07) is 0.856. The first-order chi connectivity index (χ1) is 5.86. The molecule has 0 aromatic rings. The van der Waals surface area contributed by atoms with E-state index in [-0.39, 0.29) is 0 Å². The molecule has 1 heterocycles. The third kappa shape index (κ3) is 2.22. The molecule has 2 unspecified atom stereocenters. The molecule has 1 saturated heterocycles. The number of nitrogens with one attached hydrogen (secondary N) is 1. The molecular formula is C11H21N. The maximum atomic E-state index is 3.63. The second-order valence-corrected chi connectivity index (χ2v) is 4.70. The summed E-state index contributed by atoms with van der Waals surface area (Å²) < 4.78 is 0. The van der Waals surface area contributed by atoms with E-state index < -0.39 is 0 Å². The molecule has 2 rings (SSSR count). The van der Waals surface area contributed by atoms with Crippen LogP contribution < -0.4 is 5.32 Å². The fourth-order valence-electron chi connectivity index (χ4n) is 2.43. The minimum Gasteiger partial charge on any atom is -0.314 e.